The van der Waals surface area contributed by atoms with Gasteiger partial charge < -0.3 is 34.3 Å². The maximum absolute atomic E-state index is 11.8. The molecule has 0 aliphatic carbocycles. The first kappa shape index (κ1) is 27.0. The zero-order chi connectivity index (χ0) is 25.3. The molecule has 0 unspecified atom stereocenters. The Bertz CT molecular complexity index is 896. The highest BCUT2D eigenvalue weighted by molar-refractivity contribution is 7.80. The van der Waals surface area contributed by atoms with E-state index in [1.165, 1.54) is 13.8 Å². The highest BCUT2D eigenvalue weighted by atomic mass is 32.1. The third-order valence-corrected chi connectivity index (χ3v) is 4.82. The monoisotopic (exact) mass is 496 g/mol. The standard InChI is InChI=1S/C22H28N2O9S/c1-12(25)29-11-17-18(30-13(2)26)19(31-14(3)27)20(32-15(4)28)21(33-17)24-22(34)23-10-16-8-6-5-7-9-16/h5-9,17-21H,10-11H2,1-4H3,(H2,23,24,34)/t17-,18-,19-,20-,21+/m0/s1. The summed E-state index contributed by atoms with van der Waals surface area (Å²) in [6.07, 6.45) is -5.92. The van der Waals surface area contributed by atoms with E-state index in [9.17, 15) is 19.2 Å². The van der Waals surface area contributed by atoms with Gasteiger partial charge in [0.05, 0.1) is 0 Å². The van der Waals surface area contributed by atoms with Gasteiger partial charge in [-0.05, 0) is 17.8 Å². The van der Waals surface area contributed by atoms with Crippen molar-refractivity contribution in [1.29, 1.82) is 0 Å². The SMILES string of the molecule is CC(=O)OC[C@@H]1O[C@@H](NC(=S)NCc2ccccc2)[C@@H](OC(C)=O)[C@@H](OC(C)=O)[C@H]1OC(C)=O. The van der Waals surface area contributed by atoms with Crippen LogP contribution in [0.15, 0.2) is 30.3 Å². The normalized spacial score (nSPS) is 23.7. The molecular formula is C22H28N2O9S. The predicted molar refractivity (Wildman–Crippen MR) is 121 cm³/mol. The quantitative estimate of drug-likeness (QED) is 0.298. The van der Waals surface area contributed by atoms with Gasteiger partial charge in [-0.3, -0.25) is 19.2 Å². The van der Waals surface area contributed by atoms with Crippen LogP contribution in [0.3, 0.4) is 0 Å². The fraction of sp³-hybridized carbons (Fsp3) is 0.500. The minimum atomic E-state index is -1.27. The topological polar surface area (TPSA) is 138 Å². The lowest BCUT2D eigenvalue weighted by Gasteiger charge is -2.44. The molecule has 2 rings (SSSR count). The number of hydrogen-bond donors (Lipinski definition) is 2. The summed E-state index contributed by atoms with van der Waals surface area (Å²) >= 11 is 5.35. The van der Waals surface area contributed by atoms with E-state index in [-0.39, 0.29) is 11.7 Å². The molecule has 1 aliphatic rings. The molecule has 0 bridgehead atoms. The molecule has 0 aromatic heterocycles. The van der Waals surface area contributed by atoms with Crippen LogP contribution in [0.25, 0.3) is 0 Å². The fourth-order valence-corrected chi connectivity index (χ4v) is 3.49. The second kappa shape index (κ2) is 12.8. The van der Waals surface area contributed by atoms with Crippen molar-refractivity contribution in [2.24, 2.45) is 0 Å². The Hall–Kier alpha value is -3.25. The first-order valence-corrected chi connectivity index (χ1v) is 10.9. The van der Waals surface area contributed by atoms with E-state index >= 15 is 0 Å². The number of ether oxygens (including phenoxy) is 5. The van der Waals surface area contributed by atoms with Gasteiger partial charge in [-0.1, -0.05) is 30.3 Å². The first-order valence-electron chi connectivity index (χ1n) is 10.5. The van der Waals surface area contributed by atoms with Crippen LogP contribution >= 0.6 is 12.2 Å². The number of esters is 4. The number of thiocarbonyl (C=S) groups is 1. The summed E-state index contributed by atoms with van der Waals surface area (Å²) in [6, 6.07) is 9.46. The third kappa shape index (κ3) is 8.60. The van der Waals surface area contributed by atoms with E-state index in [4.69, 9.17) is 35.9 Å². The lowest BCUT2D eigenvalue weighted by atomic mass is 9.97. The van der Waals surface area contributed by atoms with Crippen LogP contribution in [0.5, 0.6) is 0 Å². The van der Waals surface area contributed by atoms with E-state index in [1.54, 1.807) is 0 Å². The van der Waals surface area contributed by atoms with Crippen molar-refractivity contribution in [3.05, 3.63) is 35.9 Å². The Balaban J connectivity index is 2.29. The molecule has 186 valence electrons. The van der Waals surface area contributed by atoms with Crippen molar-refractivity contribution in [2.45, 2.75) is 64.9 Å². The Labute approximate surface area is 202 Å². The Kier molecular flexibility index (Phi) is 10.2. The number of carbonyl (C=O) groups excluding carboxylic acids is 4. The number of carbonyl (C=O) groups is 4. The van der Waals surface area contributed by atoms with Gasteiger partial charge in [-0.2, -0.15) is 0 Å². The van der Waals surface area contributed by atoms with Gasteiger partial charge in [0.25, 0.3) is 0 Å². The summed E-state index contributed by atoms with van der Waals surface area (Å²) in [7, 11) is 0. The first-order chi connectivity index (χ1) is 16.1. The summed E-state index contributed by atoms with van der Waals surface area (Å²) < 4.78 is 27.1. The Morgan fingerprint density at radius 2 is 1.41 bits per heavy atom. The van der Waals surface area contributed by atoms with Crippen LogP contribution < -0.4 is 10.6 Å². The van der Waals surface area contributed by atoms with Gasteiger partial charge in [-0.15, -0.1) is 0 Å². The Morgan fingerprint density at radius 3 is 1.97 bits per heavy atom. The molecule has 1 saturated heterocycles. The zero-order valence-electron chi connectivity index (χ0n) is 19.3. The molecule has 0 amide bonds. The second-order valence-corrected chi connectivity index (χ2v) is 7.84. The van der Waals surface area contributed by atoms with Gasteiger partial charge in [0.15, 0.2) is 29.7 Å². The van der Waals surface area contributed by atoms with Crippen LogP contribution in [0.4, 0.5) is 0 Å². The van der Waals surface area contributed by atoms with E-state index in [2.05, 4.69) is 10.6 Å². The molecule has 1 aromatic carbocycles. The highest BCUT2D eigenvalue weighted by Crippen LogP contribution is 2.28. The van der Waals surface area contributed by atoms with Gasteiger partial charge in [-0.25, -0.2) is 0 Å². The molecule has 1 heterocycles. The second-order valence-electron chi connectivity index (χ2n) is 7.43. The summed E-state index contributed by atoms with van der Waals surface area (Å²) in [5, 5.41) is 6.05. The maximum atomic E-state index is 11.8. The van der Waals surface area contributed by atoms with E-state index in [1.807, 2.05) is 30.3 Å². The van der Waals surface area contributed by atoms with Gasteiger partial charge in [0, 0.05) is 34.2 Å². The molecule has 1 fully saturated rings. The third-order valence-electron chi connectivity index (χ3n) is 4.56. The molecular weight excluding hydrogens is 468 g/mol. The molecule has 1 aromatic rings. The molecule has 0 saturated carbocycles. The van der Waals surface area contributed by atoms with Crippen LogP contribution in [-0.2, 0) is 49.4 Å². The minimum Gasteiger partial charge on any atom is -0.463 e. The highest BCUT2D eigenvalue weighted by Gasteiger charge is 2.52. The molecule has 5 atom stereocenters. The average Bonchev–Trinajstić information content (AvgIpc) is 2.75. The van der Waals surface area contributed by atoms with E-state index < -0.39 is 54.5 Å². The molecule has 34 heavy (non-hydrogen) atoms. The lowest BCUT2D eigenvalue weighted by molar-refractivity contribution is -0.254. The summed E-state index contributed by atoms with van der Waals surface area (Å²) in [5.41, 5.74) is 0.966. The van der Waals surface area contributed by atoms with Gasteiger partial charge in [0.2, 0.25) is 0 Å². The smallest absolute Gasteiger partial charge is 0.303 e. The van der Waals surface area contributed by atoms with Crippen LogP contribution in [0.2, 0.25) is 0 Å². The van der Waals surface area contributed by atoms with Crippen molar-refractivity contribution < 1.29 is 42.9 Å². The van der Waals surface area contributed by atoms with Crippen LogP contribution in [0, 0.1) is 0 Å². The molecule has 1 aliphatic heterocycles. The van der Waals surface area contributed by atoms with E-state index in [0.717, 1.165) is 19.4 Å². The lowest BCUT2D eigenvalue weighted by Crippen LogP contribution is -2.66. The number of benzene rings is 1. The number of nitrogens with one attached hydrogen (secondary N) is 2. The van der Waals surface area contributed by atoms with Crippen LogP contribution in [0.1, 0.15) is 33.3 Å². The van der Waals surface area contributed by atoms with Crippen molar-refractivity contribution >= 4 is 41.2 Å². The Morgan fingerprint density at radius 1 is 0.853 bits per heavy atom. The van der Waals surface area contributed by atoms with Crippen molar-refractivity contribution in [3.8, 4) is 0 Å². The molecule has 0 radical (unpaired) electrons. The average molecular weight is 497 g/mol. The van der Waals surface area contributed by atoms with Crippen LogP contribution in [-0.4, -0.2) is 66.2 Å². The van der Waals surface area contributed by atoms with Gasteiger partial charge >= 0.3 is 23.9 Å². The van der Waals surface area contributed by atoms with Crippen molar-refractivity contribution in [3.63, 3.8) is 0 Å². The molecule has 2 N–H and O–H groups in total. The molecule has 12 heteroatoms. The molecule has 0 spiro atoms. The maximum Gasteiger partial charge on any atom is 0.303 e. The van der Waals surface area contributed by atoms with Gasteiger partial charge in [0.1, 0.15) is 12.7 Å². The largest absolute Gasteiger partial charge is 0.463 e. The predicted octanol–water partition coefficient (Wildman–Crippen LogP) is 0.734. The fourth-order valence-electron chi connectivity index (χ4n) is 3.30. The minimum absolute atomic E-state index is 0.157. The molecule has 11 nitrogen and oxygen atoms in total. The zero-order valence-corrected chi connectivity index (χ0v) is 20.1. The number of rotatable bonds is 8. The number of hydrogen-bond acceptors (Lipinski definition) is 10. The van der Waals surface area contributed by atoms with Crippen molar-refractivity contribution in [2.75, 3.05) is 6.61 Å². The van der Waals surface area contributed by atoms with Crippen molar-refractivity contribution in [1.82, 2.24) is 10.6 Å². The summed E-state index contributed by atoms with van der Waals surface area (Å²) in [5.74, 6) is -2.70. The van der Waals surface area contributed by atoms with E-state index in [0.29, 0.717) is 6.54 Å². The summed E-state index contributed by atoms with van der Waals surface area (Å²) in [4.78, 5) is 46.8. The summed E-state index contributed by atoms with van der Waals surface area (Å²) in [6.45, 7) is 4.76.